The highest BCUT2D eigenvalue weighted by Crippen LogP contribution is 2.46. The summed E-state index contributed by atoms with van der Waals surface area (Å²) in [6, 6.07) is 0. The molecule has 8 heteroatoms. The minimum atomic E-state index is -1.80. The topological polar surface area (TPSA) is 125 Å². The van der Waals surface area contributed by atoms with E-state index in [-0.39, 0.29) is 5.56 Å². The number of aliphatic hydroxyl groups is 3. The molecule has 1 aromatic rings. The van der Waals surface area contributed by atoms with E-state index < -0.39 is 41.3 Å². The normalized spacial score (nSPS) is 36.1. The summed E-state index contributed by atoms with van der Waals surface area (Å²) >= 11 is 0. The summed E-state index contributed by atoms with van der Waals surface area (Å²) in [6.45, 7) is 4.21. The molecule has 1 saturated heterocycles. The standard InChI is InChI=1S/C13H20N2O6/c1-4-15-5-7(10(17)14-11(15)18)9-13(3,20)12(2,19)8(6-16)21-9/h5,8-9,16,19-20H,4,6H2,1-3H3,(H,14,17,18)/t8-,9+,12?,13+/m1/s1. The van der Waals surface area contributed by atoms with Crippen LogP contribution in [-0.2, 0) is 11.3 Å². The van der Waals surface area contributed by atoms with E-state index in [9.17, 15) is 24.9 Å². The van der Waals surface area contributed by atoms with Crippen LogP contribution in [0.25, 0.3) is 0 Å². The average molecular weight is 300 g/mol. The van der Waals surface area contributed by atoms with Crippen LogP contribution < -0.4 is 11.2 Å². The molecule has 118 valence electrons. The zero-order chi connectivity index (χ0) is 16.0. The lowest BCUT2D eigenvalue weighted by molar-refractivity contribution is -0.126. The van der Waals surface area contributed by atoms with Gasteiger partial charge in [-0.15, -0.1) is 0 Å². The van der Waals surface area contributed by atoms with E-state index in [1.807, 2.05) is 0 Å². The van der Waals surface area contributed by atoms with E-state index in [0.29, 0.717) is 6.54 Å². The second-order valence-electron chi connectivity index (χ2n) is 5.61. The van der Waals surface area contributed by atoms with Crippen molar-refractivity contribution in [3.05, 3.63) is 32.6 Å². The molecule has 0 saturated carbocycles. The van der Waals surface area contributed by atoms with Gasteiger partial charge in [-0.25, -0.2) is 4.79 Å². The Balaban J connectivity index is 2.58. The van der Waals surface area contributed by atoms with Gasteiger partial charge >= 0.3 is 5.69 Å². The van der Waals surface area contributed by atoms with Gasteiger partial charge in [-0.05, 0) is 20.8 Å². The number of rotatable bonds is 3. The van der Waals surface area contributed by atoms with Gasteiger partial charge in [0.15, 0.2) is 0 Å². The summed E-state index contributed by atoms with van der Waals surface area (Å²) in [6.07, 6.45) is -0.901. The van der Waals surface area contributed by atoms with Crippen LogP contribution in [-0.4, -0.2) is 48.8 Å². The number of aliphatic hydroxyl groups excluding tert-OH is 1. The first-order valence-corrected chi connectivity index (χ1v) is 6.71. The maximum absolute atomic E-state index is 12.0. The molecule has 0 aromatic carbocycles. The molecule has 4 atom stereocenters. The van der Waals surface area contributed by atoms with Gasteiger partial charge in [0.25, 0.3) is 5.56 Å². The van der Waals surface area contributed by atoms with Crippen molar-refractivity contribution in [3.63, 3.8) is 0 Å². The largest absolute Gasteiger partial charge is 0.394 e. The molecule has 1 aromatic heterocycles. The number of nitrogens with zero attached hydrogens (tertiary/aromatic N) is 1. The summed E-state index contributed by atoms with van der Waals surface area (Å²) in [4.78, 5) is 25.7. The molecule has 0 radical (unpaired) electrons. The number of hydrogen-bond donors (Lipinski definition) is 4. The monoisotopic (exact) mass is 300 g/mol. The maximum atomic E-state index is 12.0. The Morgan fingerprint density at radius 2 is 1.95 bits per heavy atom. The molecule has 1 fully saturated rings. The third kappa shape index (κ3) is 2.24. The Bertz CT molecular complexity index is 645. The average Bonchev–Trinajstić information content (AvgIpc) is 2.57. The minimum Gasteiger partial charge on any atom is -0.394 e. The molecule has 21 heavy (non-hydrogen) atoms. The molecule has 1 aliphatic rings. The molecule has 8 nitrogen and oxygen atoms in total. The van der Waals surface area contributed by atoms with Gasteiger partial charge in [0.1, 0.15) is 23.4 Å². The summed E-state index contributed by atoms with van der Waals surface area (Å²) in [5.41, 5.74) is -4.77. The first-order chi connectivity index (χ1) is 9.66. The highest BCUT2D eigenvalue weighted by molar-refractivity contribution is 5.21. The lowest BCUT2D eigenvalue weighted by Crippen LogP contribution is -2.54. The number of hydrogen-bond acceptors (Lipinski definition) is 6. The van der Waals surface area contributed by atoms with Crippen molar-refractivity contribution in [2.75, 3.05) is 6.61 Å². The SMILES string of the molecule is CCn1cc([C@@H]2O[C@H](CO)C(C)(O)[C@@]2(C)O)c(=O)[nH]c1=O. The van der Waals surface area contributed by atoms with Gasteiger partial charge in [0, 0.05) is 12.7 Å². The zero-order valence-electron chi connectivity index (χ0n) is 12.2. The van der Waals surface area contributed by atoms with Crippen molar-refractivity contribution in [1.29, 1.82) is 0 Å². The first kappa shape index (κ1) is 15.9. The van der Waals surface area contributed by atoms with Gasteiger partial charge in [-0.2, -0.15) is 0 Å². The van der Waals surface area contributed by atoms with Crippen molar-refractivity contribution in [1.82, 2.24) is 9.55 Å². The number of aromatic nitrogens is 2. The summed E-state index contributed by atoms with van der Waals surface area (Å²) < 4.78 is 6.72. The molecule has 4 N–H and O–H groups in total. The summed E-state index contributed by atoms with van der Waals surface area (Å²) in [7, 11) is 0. The first-order valence-electron chi connectivity index (χ1n) is 6.71. The van der Waals surface area contributed by atoms with Gasteiger partial charge in [-0.1, -0.05) is 0 Å². The smallest absolute Gasteiger partial charge is 0.328 e. The molecule has 0 amide bonds. The molecule has 1 unspecified atom stereocenters. The summed E-state index contributed by atoms with van der Waals surface area (Å²) in [5, 5.41) is 30.2. The van der Waals surface area contributed by atoms with Crippen LogP contribution in [0.15, 0.2) is 15.8 Å². The second kappa shape index (κ2) is 5.06. The van der Waals surface area contributed by atoms with E-state index in [4.69, 9.17) is 4.74 Å². The molecule has 0 aliphatic carbocycles. The maximum Gasteiger partial charge on any atom is 0.328 e. The number of aryl methyl sites for hydroxylation is 1. The quantitative estimate of drug-likeness (QED) is 0.538. The molecular formula is C13H20N2O6. The van der Waals surface area contributed by atoms with Crippen LogP contribution in [0.1, 0.15) is 32.4 Å². The Labute approximate surface area is 120 Å². The molecule has 0 spiro atoms. The zero-order valence-corrected chi connectivity index (χ0v) is 12.2. The third-order valence-electron chi connectivity index (χ3n) is 4.29. The molecule has 2 rings (SSSR count). The number of aromatic amines is 1. The van der Waals surface area contributed by atoms with E-state index in [2.05, 4.69) is 4.98 Å². The Kier molecular flexibility index (Phi) is 3.83. The fraction of sp³-hybridized carbons (Fsp3) is 0.692. The van der Waals surface area contributed by atoms with E-state index in [1.165, 1.54) is 24.6 Å². The van der Waals surface area contributed by atoms with Crippen molar-refractivity contribution in [2.45, 2.75) is 50.7 Å². The highest BCUT2D eigenvalue weighted by atomic mass is 16.6. The van der Waals surface area contributed by atoms with Gasteiger partial charge < -0.3 is 24.6 Å². The van der Waals surface area contributed by atoms with Crippen molar-refractivity contribution in [3.8, 4) is 0 Å². The van der Waals surface area contributed by atoms with E-state index in [1.54, 1.807) is 6.92 Å². The lowest BCUT2D eigenvalue weighted by Gasteiger charge is -2.34. The number of ether oxygens (including phenoxy) is 1. The van der Waals surface area contributed by atoms with Crippen LogP contribution in [0, 0.1) is 0 Å². The molecule has 2 heterocycles. The van der Waals surface area contributed by atoms with Crippen molar-refractivity contribution < 1.29 is 20.1 Å². The van der Waals surface area contributed by atoms with Crippen molar-refractivity contribution in [2.24, 2.45) is 0 Å². The fourth-order valence-corrected chi connectivity index (χ4v) is 2.57. The highest BCUT2D eigenvalue weighted by Gasteiger charge is 2.61. The summed E-state index contributed by atoms with van der Waals surface area (Å²) in [5.74, 6) is 0. The van der Waals surface area contributed by atoms with Gasteiger partial charge in [0.2, 0.25) is 0 Å². The predicted molar refractivity (Wildman–Crippen MR) is 72.9 cm³/mol. The van der Waals surface area contributed by atoms with Crippen LogP contribution in [0.2, 0.25) is 0 Å². The van der Waals surface area contributed by atoms with Crippen LogP contribution in [0.3, 0.4) is 0 Å². The number of H-pyrrole nitrogens is 1. The molecule has 0 bridgehead atoms. The predicted octanol–water partition coefficient (Wildman–Crippen LogP) is -1.51. The van der Waals surface area contributed by atoms with E-state index in [0.717, 1.165) is 0 Å². The van der Waals surface area contributed by atoms with Gasteiger partial charge in [0.05, 0.1) is 12.2 Å². The van der Waals surface area contributed by atoms with Crippen LogP contribution in [0.5, 0.6) is 0 Å². The van der Waals surface area contributed by atoms with Gasteiger partial charge in [-0.3, -0.25) is 9.78 Å². The Morgan fingerprint density at radius 3 is 2.43 bits per heavy atom. The lowest BCUT2D eigenvalue weighted by atomic mass is 9.79. The second-order valence-corrected chi connectivity index (χ2v) is 5.61. The molecular weight excluding hydrogens is 280 g/mol. The van der Waals surface area contributed by atoms with Crippen LogP contribution >= 0.6 is 0 Å². The van der Waals surface area contributed by atoms with E-state index >= 15 is 0 Å². The Hall–Kier alpha value is -1.48. The Morgan fingerprint density at radius 1 is 1.33 bits per heavy atom. The van der Waals surface area contributed by atoms with Crippen molar-refractivity contribution >= 4 is 0 Å². The number of nitrogens with one attached hydrogen (secondary N) is 1. The fourth-order valence-electron chi connectivity index (χ4n) is 2.57. The van der Waals surface area contributed by atoms with Crippen LogP contribution in [0.4, 0.5) is 0 Å². The third-order valence-corrected chi connectivity index (χ3v) is 4.29. The minimum absolute atomic E-state index is 0.0256. The molecule has 1 aliphatic heterocycles.